The van der Waals surface area contributed by atoms with E-state index < -0.39 is 41.0 Å². The molecule has 0 radical (unpaired) electrons. The van der Waals surface area contributed by atoms with Crippen molar-refractivity contribution in [1.29, 1.82) is 0 Å². The van der Waals surface area contributed by atoms with E-state index in [1.807, 2.05) is 64.1 Å². The third-order valence-corrected chi connectivity index (χ3v) is 9.19. The zero-order chi connectivity index (χ0) is 28.8. The summed E-state index contributed by atoms with van der Waals surface area (Å²) in [6.45, 7) is 7.76. The van der Waals surface area contributed by atoms with Gasteiger partial charge in [0.25, 0.3) is 0 Å². The maximum absolute atomic E-state index is 14.3. The molecule has 5 rings (SSSR count). The Kier molecular flexibility index (Phi) is 7.72. The third kappa shape index (κ3) is 4.70. The summed E-state index contributed by atoms with van der Waals surface area (Å²) in [6, 6.07) is 13.3. The van der Waals surface area contributed by atoms with Crippen LogP contribution in [0.4, 0.5) is 5.69 Å². The highest BCUT2D eigenvalue weighted by Crippen LogP contribution is 2.63. The number of nitrogens with one attached hydrogen (secondary N) is 2. The van der Waals surface area contributed by atoms with E-state index in [9.17, 15) is 19.5 Å². The fraction of sp³-hybridized carbons (Fsp3) is 0.516. The van der Waals surface area contributed by atoms with Crippen LogP contribution in [0.3, 0.4) is 0 Å². The highest BCUT2D eigenvalue weighted by molar-refractivity contribution is 6.34. The number of hydrogen-bond donors (Lipinski definition) is 3. The summed E-state index contributed by atoms with van der Waals surface area (Å²) < 4.78 is 6.69. The molecule has 2 aromatic rings. The van der Waals surface area contributed by atoms with Crippen LogP contribution in [0, 0.1) is 24.7 Å². The number of carbonyl (C=O) groups is 3. The van der Waals surface area contributed by atoms with Crippen molar-refractivity contribution < 1.29 is 24.2 Å². The summed E-state index contributed by atoms with van der Waals surface area (Å²) >= 11 is 6.44. The Hall–Kier alpha value is -2.94. The van der Waals surface area contributed by atoms with E-state index in [2.05, 4.69) is 10.6 Å². The van der Waals surface area contributed by atoms with Gasteiger partial charge in [0, 0.05) is 6.54 Å². The average Bonchev–Trinajstić information content (AvgIpc) is 3.49. The Morgan fingerprint density at radius 2 is 1.85 bits per heavy atom. The molecule has 0 saturated carbocycles. The van der Waals surface area contributed by atoms with Gasteiger partial charge in [-0.2, -0.15) is 0 Å². The molecule has 3 aliphatic rings. The summed E-state index contributed by atoms with van der Waals surface area (Å²) in [7, 11) is 0. The number of aryl methyl sites for hydroxylation is 1. The van der Waals surface area contributed by atoms with Crippen molar-refractivity contribution in [2.75, 3.05) is 11.9 Å². The first kappa shape index (κ1) is 28.6. The first-order valence-corrected chi connectivity index (χ1v) is 14.4. The van der Waals surface area contributed by atoms with Crippen LogP contribution < -0.4 is 10.6 Å². The Labute approximate surface area is 240 Å². The van der Waals surface area contributed by atoms with Gasteiger partial charge in [-0.25, -0.2) is 0 Å². The van der Waals surface area contributed by atoms with Gasteiger partial charge < -0.3 is 25.4 Å². The average molecular weight is 568 g/mol. The van der Waals surface area contributed by atoms with Gasteiger partial charge in [-0.3, -0.25) is 14.4 Å². The number of amides is 3. The monoisotopic (exact) mass is 567 g/mol. The lowest BCUT2D eigenvalue weighted by atomic mass is 9.66. The number of fused-ring (bicyclic) bond motifs is 1. The van der Waals surface area contributed by atoms with Gasteiger partial charge in [0.1, 0.15) is 11.6 Å². The lowest BCUT2D eigenvalue weighted by Crippen LogP contribution is -2.56. The van der Waals surface area contributed by atoms with Crippen molar-refractivity contribution in [3.05, 3.63) is 64.7 Å². The minimum atomic E-state index is -1.19. The SMILES string of the molecule is Cc1cccc(Cl)c1NC(=O)C1N([C@@H](CO)CC(C)C)C(=O)[C@@H]2[C@@H](C(=O)NCc3ccccc3)[C@@]3(C)CCC12O3. The van der Waals surface area contributed by atoms with Crippen molar-refractivity contribution >= 4 is 35.0 Å². The lowest BCUT2D eigenvalue weighted by molar-refractivity contribution is -0.148. The Morgan fingerprint density at radius 3 is 2.50 bits per heavy atom. The van der Waals surface area contributed by atoms with Gasteiger partial charge in [-0.05, 0) is 56.2 Å². The van der Waals surface area contributed by atoms with Crippen LogP contribution in [-0.2, 0) is 25.7 Å². The molecule has 214 valence electrons. The number of aliphatic hydroxyl groups is 1. The van der Waals surface area contributed by atoms with E-state index in [-0.39, 0.29) is 24.3 Å². The minimum Gasteiger partial charge on any atom is -0.394 e. The van der Waals surface area contributed by atoms with E-state index in [1.54, 1.807) is 12.1 Å². The first-order chi connectivity index (χ1) is 19.0. The van der Waals surface area contributed by atoms with E-state index in [0.29, 0.717) is 36.5 Å². The molecule has 2 bridgehead atoms. The third-order valence-electron chi connectivity index (χ3n) is 8.87. The maximum atomic E-state index is 14.3. The number of para-hydroxylation sites is 1. The number of benzene rings is 2. The molecule has 0 aromatic heterocycles. The predicted molar refractivity (Wildman–Crippen MR) is 153 cm³/mol. The molecule has 3 fully saturated rings. The van der Waals surface area contributed by atoms with Gasteiger partial charge in [0.15, 0.2) is 0 Å². The molecule has 6 atom stereocenters. The maximum Gasteiger partial charge on any atom is 0.250 e. The molecule has 3 heterocycles. The smallest absolute Gasteiger partial charge is 0.250 e. The van der Waals surface area contributed by atoms with Crippen molar-refractivity contribution in [1.82, 2.24) is 10.2 Å². The summed E-state index contributed by atoms with van der Waals surface area (Å²) in [4.78, 5) is 43.8. The molecule has 9 heteroatoms. The number of hydrogen-bond acceptors (Lipinski definition) is 5. The zero-order valence-electron chi connectivity index (χ0n) is 23.4. The van der Waals surface area contributed by atoms with Crippen LogP contribution in [0.2, 0.25) is 5.02 Å². The van der Waals surface area contributed by atoms with Gasteiger partial charge in [-0.15, -0.1) is 0 Å². The molecule has 3 aliphatic heterocycles. The van der Waals surface area contributed by atoms with E-state index >= 15 is 0 Å². The number of rotatable bonds is 9. The van der Waals surface area contributed by atoms with Crippen LogP contribution in [0.25, 0.3) is 0 Å². The quantitative estimate of drug-likeness (QED) is 0.423. The molecule has 1 spiro atoms. The molecule has 3 amide bonds. The Bertz CT molecular complexity index is 1280. The van der Waals surface area contributed by atoms with Crippen LogP contribution in [-0.4, -0.2) is 57.6 Å². The number of nitrogens with zero attached hydrogens (tertiary/aromatic N) is 1. The van der Waals surface area contributed by atoms with Gasteiger partial charge in [0.2, 0.25) is 17.7 Å². The normalized spacial score (nSPS) is 29.5. The predicted octanol–water partition coefficient (Wildman–Crippen LogP) is 4.08. The summed E-state index contributed by atoms with van der Waals surface area (Å²) in [5.74, 6) is -2.46. The first-order valence-electron chi connectivity index (χ1n) is 14.0. The second-order valence-corrected chi connectivity index (χ2v) is 12.5. The van der Waals surface area contributed by atoms with E-state index in [0.717, 1.165) is 11.1 Å². The van der Waals surface area contributed by atoms with Crippen molar-refractivity contribution in [3.8, 4) is 0 Å². The zero-order valence-corrected chi connectivity index (χ0v) is 24.2. The number of carbonyl (C=O) groups excluding carboxylic acids is 3. The topological polar surface area (TPSA) is 108 Å². The molecule has 3 N–H and O–H groups in total. The molecular weight excluding hydrogens is 530 g/mol. The van der Waals surface area contributed by atoms with Crippen molar-refractivity contribution in [2.24, 2.45) is 17.8 Å². The van der Waals surface area contributed by atoms with E-state index in [4.69, 9.17) is 16.3 Å². The van der Waals surface area contributed by atoms with Crippen molar-refractivity contribution in [3.63, 3.8) is 0 Å². The fourth-order valence-corrected chi connectivity index (χ4v) is 7.42. The van der Waals surface area contributed by atoms with Crippen LogP contribution in [0.15, 0.2) is 48.5 Å². The number of ether oxygens (including phenoxy) is 1. The van der Waals surface area contributed by atoms with Crippen LogP contribution >= 0.6 is 11.6 Å². The summed E-state index contributed by atoms with van der Waals surface area (Å²) in [5.41, 5.74) is 0.127. The summed E-state index contributed by atoms with van der Waals surface area (Å²) in [5, 5.41) is 16.8. The highest BCUT2D eigenvalue weighted by atomic mass is 35.5. The largest absolute Gasteiger partial charge is 0.394 e. The second-order valence-electron chi connectivity index (χ2n) is 12.1. The van der Waals surface area contributed by atoms with Crippen LogP contribution in [0.1, 0.15) is 51.2 Å². The molecule has 2 aromatic carbocycles. The van der Waals surface area contributed by atoms with Crippen LogP contribution in [0.5, 0.6) is 0 Å². The molecule has 40 heavy (non-hydrogen) atoms. The highest BCUT2D eigenvalue weighted by Gasteiger charge is 2.78. The van der Waals surface area contributed by atoms with Gasteiger partial charge in [-0.1, -0.05) is 67.9 Å². The van der Waals surface area contributed by atoms with Gasteiger partial charge in [0.05, 0.1) is 40.8 Å². The molecule has 8 nitrogen and oxygen atoms in total. The fourth-order valence-electron chi connectivity index (χ4n) is 7.15. The Balaban J connectivity index is 1.52. The summed E-state index contributed by atoms with van der Waals surface area (Å²) in [6.07, 6.45) is 1.50. The number of anilines is 1. The number of aliphatic hydroxyl groups excluding tert-OH is 1. The molecular formula is C31H38ClN3O5. The van der Waals surface area contributed by atoms with Gasteiger partial charge >= 0.3 is 0 Å². The van der Waals surface area contributed by atoms with E-state index in [1.165, 1.54) is 4.90 Å². The molecule has 2 unspecified atom stereocenters. The molecule has 3 saturated heterocycles. The standard InChI is InChI=1S/C31H38ClN3O5/c1-18(2)15-21(17-36)35-26(28(38)34-25-19(3)9-8-12-22(25)32)31-14-13-30(4,40-31)23(24(31)29(35)39)27(37)33-16-20-10-6-5-7-11-20/h5-12,18,21,23-24,26,36H,13-17H2,1-4H3,(H,33,37)(H,34,38)/t21-,23+,24+,26?,30-,31?/m1/s1. The second kappa shape index (κ2) is 10.8. The number of halogens is 1. The Morgan fingerprint density at radius 1 is 1.12 bits per heavy atom. The number of likely N-dealkylation sites (tertiary alicyclic amines) is 1. The molecule has 0 aliphatic carbocycles. The van der Waals surface area contributed by atoms with Crippen molar-refractivity contribution in [2.45, 2.75) is 76.8 Å². The lowest BCUT2D eigenvalue weighted by Gasteiger charge is -2.37. The minimum absolute atomic E-state index is 0.164.